The Morgan fingerprint density at radius 1 is 0.960 bits per heavy atom. The monoisotopic (exact) mass is 392 g/mol. The topological polar surface area (TPSA) is 112 Å². The molecule has 0 aliphatic rings. The molecule has 0 amide bonds. The second kappa shape index (κ2) is 9.83. The van der Waals surface area contributed by atoms with Gasteiger partial charge >= 0.3 is 7.60 Å². The summed E-state index contributed by atoms with van der Waals surface area (Å²) in [5.41, 5.74) is 0.959. The summed E-state index contributed by atoms with van der Waals surface area (Å²) >= 11 is 0. The highest BCUT2D eigenvalue weighted by molar-refractivity contribution is 7.95. The van der Waals surface area contributed by atoms with Crippen molar-refractivity contribution in [3.63, 3.8) is 0 Å². The molecule has 0 fully saturated rings. The summed E-state index contributed by atoms with van der Waals surface area (Å²) in [6, 6.07) is 9.30. The van der Waals surface area contributed by atoms with E-state index in [4.69, 9.17) is 0 Å². The molecule has 0 bridgehead atoms. The smallest absolute Gasteiger partial charge is 0.323 e. The van der Waals surface area contributed by atoms with E-state index in [2.05, 4.69) is 0 Å². The first-order valence-corrected chi connectivity index (χ1v) is 11.8. The van der Waals surface area contributed by atoms with Gasteiger partial charge in [0, 0.05) is 0 Å². The van der Waals surface area contributed by atoms with Crippen LogP contribution in [0.2, 0.25) is 0 Å². The summed E-state index contributed by atoms with van der Waals surface area (Å²) in [6.45, 7) is 2.04. The number of aryl methyl sites for hydroxylation is 1. The molecule has 1 atom stereocenters. The van der Waals surface area contributed by atoms with Gasteiger partial charge in [0.25, 0.3) is 10.1 Å². The van der Waals surface area contributed by atoms with E-state index < -0.39 is 22.2 Å². The summed E-state index contributed by atoms with van der Waals surface area (Å²) < 4.78 is 43.1. The third-order valence-corrected chi connectivity index (χ3v) is 8.84. The minimum absolute atomic E-state index is 0.228. The third kappa shape index (κ3) is 6.50. The Kier molecular flexibility index (Phi) is 8.78. The van der Waals surface area contributed by atoms with Crippen LogP contribution in [0.25, 0.3) is 0 Å². The van der Waals surface area contributed by atoms with Gasteiger partial charge < -0.3 is 9.79 Å². The Balaban J connectivity index is 2.87. The molecule has 0 aromatic heterocycles. The van der Waals surface area contributed by atoms with Crippen LogP contribution in [0, 0.1) is 0 Å². The predicted molar refractivity (Wildman–Crippen MR) is 99.1 cm³/mol. The van der Waals surface area contributed by atoms with Gasteiger partial charge in [-0.1, -0.05) is 69.4 Å². The first-order valence-electron chi connectivity index (χ1n) is 8.70. The van der Waals surface area contributed by atoms with E-state index in [0.29, 0.717) is 19.3 Å². The largest absolute Gasteiger partial charge is 0.349 e. The van der Waals surface area contributed by atoms with Gasteiger partial charge in [-0.2, -0.15) is 8.42 Å². The Hall–Kier alpha value is -0.720. The van der Waals surface area contributed by atoms with Crippen molar-refractivity contribution in [3.8, 4) is 0 Å². The molecule has 1 aromatic carbocycles. The van der Waals surface area contributed by atoms with Crippen LogP contribution in [-0.4, -0.2) is 27.2 Å². The van der Waals surface area contributed by atoms with Crippen molar-refractivity contribution in [2.75, 3.05) is 0 Å². The highest BCUT2D eigenvalue weighted by Gasteiger charge is 2.56. The van der Waals surface area contributed by atoms with Crippen LogP contribution in [0.15, 0.2) is 30.3 Å². The molecule has 25 heavy (non-hydrogen) atoms. The zero-order chi connectivity index (χ0) is 19.0. The molecular formula is C17H29O6PS. The highest BCUT2D eigenvalue weighted by atomic mass is 32.2. The molecule has 0 saturated carbocycles. The summed E-state index contributed by atoms with van der Waals surface area (Å²) in [5.74, 6) is 0. The van der Waals surface area contributed by atoms with Crippen LogP contribution >= 0.6 is 7.60 Å². The average Bonchev–Trinajstić information content (AvgIpc) is 2.51. The van der Waals surface area contributed by atoms with Gasteiger partial charge in [-0.05, 0) is 31.2 Å². The van der Waals surface area contributed by atoms with Crippen LogP contribution in [-0.2, 0) is 21.1 Å². The second-order valence-corrected chi connectivity index (χ2v) is 10.4. The fraction of sp³-hybridized carbons (Fsp3) is 0.647. The highest BCUT2D eigenvalue weighted by Crippen LogP contribution is 2.58. The van der Waals surface area contributed by atoms with Gasteiger partial charge in [0.1, 0.15) is 0 Å². The molecular weight excluding hydrogens is 363 g/mol. The van der Waals surface area contributed by atoms with Crippen LogP contribution in [0.3, 0.4) is 0 Å². The number of benzene rings is 1. The standard InChI is InChI=1S/C17H29O6PS/c1-2-3-4-5-9-14-17(24(18,19)20,25(21,22)23)15-10-13-16-11-7-6-8-12-16/h6-8,11-12H,2-5,9-10,13-15H2,1H3,(H2,18,19,20)(H,21,22,23). The molecule has 0 aliphatic carbocycles. The van der Waals surface area contributed by atoms with Gasteiger partial charge in [-0.3, -0.25) is 9.12 Å². The lowest BCUT2D eigenvalue weighted by Gasteiger charge is -2.31. The van der Waals surface area contributed by atoms with Crippen molar-refractivity contribution in [1.82, 2.24) is 0 Å². The van der Waals surface area contributed by atoms with Crippen molar-refractivity contribution in [3.05, 3.63) is 35.9 Å². The zero-order valence-electron chi connectivity index (χ0n) is 14.7. The minimum Gasteiger partial charge on any atom is -0.323 e. The van der Waals surface area contributed by atoms with E-state index in [1.807, 2.05) is 37.3 Å². The fourth-order valence-corrected chi connectivity index (χ4v) is 5.95. The number of rotatable bonds is 12. The number of hydrogen-bond acceptors (Lipinski definition) is 3. The van der Waals surface area contributed by atoms with E-state index in [0.717, 1.165) is 24.8 Å². The zero-order valence-corrected chi connectivity index (χ0v) is 16.4. The summed E-state index contributed by atoms with van der Waals surface area (Å²) in [5, 5.41) is 0. The fourth-order valence-electron chi connectivity index (χ4n) is 3.04. The quantitative estimate of drug-likeness (QED) is 0.280. The molecule has 3 N–H and O–H groups in total. The maximum absolute atomic E-state index is 12.0. The van der Waals surface area contributed by atoms with Crippen molar-refractivity contribution < 1.29 is 27.3 Å². The first-order chi connectivity index (χ1) is 11.6. The van der Waals surface area contributed by atoms with Crippen molar-refractivity contribution in [1.29, 1.82) is 0 Å². The van der Waals surface area contributed by atoms with Crippen molar-refractivity contribution in [2.24, 2.45) is 0 Å². The van der Waals surface area contributed by atoms with Gasteiger partial charge in [0.2, 0.25) is 0 Å². The van der Waals surface area contributed by atoms with Gasteiger partial charge in [-0.25, -0.2) is 0 Å². The Morgan fingerprint density at radius 2 is 1.52 bits per heavy atom. The van der Waals surface area contributed by atoms with E-state index in [9.17, 15) is 27.3 Å². The number of hydrogen-bond donors (Lipinski definition) is 3. The van der Waals surface area contributed by atoms with Gasteiger partial charge in [-0.15, -0.1) is 0 Å². The lowest BCUT2D eigenvalue weighted by molar-refractivity contribution is 0.321. The molecule has 0 radical (unpaired) electrons. The normalized spacial score (nSPS) is 15.0. The van der Waals surface area contributed by atoms with E-state index in [1.54, 1.807) is 0 Å². The van der Waals surface area contributed by atoms with Crippen LogP contribution in [0.1, 0.15) is 63.9 Å². The van der Waals surface area contributed by atoms with E-state index in [1.165, 1.54) is 0 Å². The average molecular weight is 392 g/mol. The molecule has 0 heterocycles. The molecule has 1 aromatic rings. The maximum Gasteiger partial charge on any atom is 0.349 e. The number of unbranched alkanes of at least 4 members (excludes halogenated alkanes) is 4. The second-order valence-electron chi connectivity index (χ2n) is 6.47. The third-order valence-electron chi connectivity index (χ3n) is 4.56. The lowest BCUT2D eigenvalue weighted by Crippen LogP contribution is -2.38. The molecule has 6 nitrogen and oxygen atoms in total. The first kappa shape index (κ1) is 22.3. The summed E-state index contributed by atoms with van der Waals surface area (Å²) in [7, 11) is -9.94. The minimum atomic E-state index is -5.04. The molecule has 0 saturated heterocycles. The van der Waals surface area contributed by atoms with Crippen LogP contribution < -0.4 is 0 Å². The SMILES string of the molecule is CCCCCCCC(CCCc1ccccc1)(P(=O)(O)O)S(=O)(=O)O. The predicted octanol–water partition coefficient (Wildman–Crippen LogP) is 4.13. The van der Waals surface area contributed by atoms with Crippen molar-refractivity contribution in [2.45, 2.75) is 69.2 Å². The van der Waals surface area contributed by atoms with Gasteiger partial charge in [0.15, 0.2) is 4.49 Å². The summed E-state index contributed by atoms with van der Waals surface area (Å²) in [4.78, 5) is 19.5. The lowest BCUT2D eigenvalue weighted by atomic mass is 10.0. The summed E-state index contributed by atoms with van der Waals surface area (Å²) in [6.07, 6.45) is 4.19. The maximum atomic E-state index is 12.0. The molecule has 144 valence electrons. The Labute approximate surface area is 150 Å². The molecule has 1 rings (SSSR count). The van der Waals surface area contributed by atoms with Gasteiger partial charge in [0.05, 0.1) is 0 Å². The van der Waals surface area contributed by atoms with E-state index in [-0.39, 0.29) is 19.3 Å². The van der Waals surface area contributed by atoms with Crippen molar-refractivity contribution >= 4 is 17.7 Å². The molecule has 0 spiro atoms. The molecule has 8 heteroatoms. The molecule has 1 unspecified atom stereocenters. The van der Waals surface area contributed by atoms with Crippen LogP contribution in [0.5, 0.6) is 0 Å². The van der Waals surface area contributed by atoms with E-state index >= 15 is 0 Å². The Bertz CT molecular complexity index is 655. The van der Waals surface area contributed by atoms with Crippen LogP contribution in [0.4, 0.5) is 0 Å². The molecule has 0 aliphatic heterocycles. The Morgan fingerprint density at radius 3 is 2.04 bits per heavy atom.